The number of alkyl halides is 2. The number of carbonyl (C=O) groups is 5. The second kappa shape index (κ2) is 17.8. The van der Waals surface area contributed by atoms with Gasteiger partial charge in [-0.1, -0.05) is 31.9 Å². The first kappa shape index (κ1) is 30.3. The van der Waals surface area contributed by atoms with Crippen molar-refractivity contribution in [1.82, 2.24) is 16.0 Å². The highest BCUT2D eigenvalue weighted by Gasteiger charge is 2.20. The molecule has 0 bridgehead atoms. The third kappa shape index (κ3) is 15.2. The molecule has 0 rings (SSSR count). The second-order valence-corrected chi connectivity index (χ2v) is 8.73. The summed E-state index contributed by atoms with van der Waals surface area (Å²) in [4.78, 5) is 58.1. The van der Waals surface area contributed by atoms with Crippen molar-refractivity contribution in [2.45, 2.75) is 64.5 Å². The highest BCUT2D eigenvalue weighted by atomic mass is 79.9. The maximum absolute atomic E-state index is 12.0. The molecule has 0 radical (unpaired) electrons. The Bertz CT molecular complexity index is 631. The van der Waals surface area contributed by atoms with Gasteiger partial charge in [-0.3, -0.25) is 19.2 Å². The minimum absolute atomic E-state index is 0.211. The maximum Gasteiger partial charge on any atom is 0.312 e. The van der Waals surface area contributed by atoms with Gasteiger partial charge in [0.1, 0.15) is 0 Å². The van der Waals surface area contributed by atoms with Crippen LogP contribution in [0.3, 0.4) is 0 Å². The highest BCUT2D eigenvalue weighted by molar-refractivity contribution is 9.09. The molecule has 0 aromatic rings. The molecule has 0 spiro atoms. The molecule has 32 heavy (non-hydrogen) atoms. The van der Waals surface area contributed by atoms with Crippen molar-refractivity contribution in [3.8, 4) is 0 Å². The zero-order chi connectivity index (χ0) is 24.5. The number of urea groups is 1. The Morgan fingerprint density at radius 1 is 0.938 bits per heavy atom. The molecule has 0 aliphatic rings. The van der Waals surface area contributed by atoms with Crippen LogP contribution in [0.15, 0.2) is 0 Å². The highest BCUT2D eigenvalue weighted by Crippen LogP contribution is 2.12. The molecule has 4 amide bonds. The third-order valence-electron chi connectivity index (χ3n) is 4.53. The average molecular weight is 586 g/mol. The van der Waals surface area contributed by atoms with Crippen LogP contribution in [0.25, 0.3) is 0 Å². The Labute approximate surface area is 205 Å². The standard InChI is InChI=1S/C20H34Br2N4O6/c1-13(32-19(30)15(10-21)11-22)6-3-4-8-17(28)25-12-18(29)26-16(14(2)27)7-5-9-24-20(23)31/h13,15-16H,3-12H2,1-2H3,(H,25,28)(H,26,29)(H3,23,24,31). The number of esters is 1. The van der Waals surface area contributed by atoms with Gasteiger partial charge in [0, 0.05) is 23.6 Å². The predicted octanol–water partition coefficient (Wildman–Crippen LogP) is 1.52. The first-order valence-corrected chi connectivity index (χ1v) is 12.8. The molecule has 0 saturated heterocycles. The summed E-state index contributed by atoms with van der Waals surface area (Å²) in [5, 5.41) is 8.57. The van der Waals surface area contributed by atoms with Crippen LogP contribution in [0.1, 0.15) is 52.4 Å². The van der Waals surface area contributed by atoms with Crippen LogP contribution in [-0.4, -0.2) is 65.5 Å². The van der Waals surface area contributed by atoms with Gasteiger partial charge in [0.15, 0.2) is 5.78 Å². The fourth-order valence-corrected chi connectivity index (χ4v) is 4.25. The molecule has 0 saturated carbocycles. The van der Waals surface area contributed by atoms with Gasteiger partial charge in [-0.05, 0) is 46.0 Å². The Hall–Kier alpha value is -1.69. The molecule has 2 unspecified atom stereocenters. The van der Waals surface area contributed by atoms with Crippen molar-refractivity contribution < 1.29 is 28.7 Å². The number of unbranched alkanes of at least 4 members (excludes halogenated alkanes) is 1. The van der Waals surface area contributed by atoms with E-state index in [-0.39, 0.29) is 42.6 Å². The number of rotatable bonds is 17. The lowest BCUT2D eigenvalue weighted by molar-refractivity contribution is -0.151. The van der Waals surface area contributed by atoms with Gasteiger partial charge in [-0.25, -0.2) is 4.79 Å². The number of carbonyl (C=O) groups excluding carboxylic acids is 5. The smallest absolute Gasteiger partial charge is 0.312 e. The maximum atomic E-state index is 12.0. The first-order valence-electron chi connectivity index (χ1n) is 10.5. The van der Waals surface area contributed by atoms with Crippen molar-refractivity contribution >= 4 is 61.5 Å². The SMILES string of the molecule is CC(=O)C(CCCNC(N)=O)NC(=O)CNC(=O)CCCCC(C)OC(=O)C(CBr)CBr. The second-order valence-electron chi connectivity index (χ2n) is 7.44. The molecule has 12 heteroatoms. The number of halogens is 2. The van der Waals surface area contributed by atoms with Crippen molar-refractivity contribution in [2.24, 2.45) is 11.7 Å². The van der Waals surface area contributed by atoms with E-state index in [4.69, 9.17) is 10.5 Å². The summed E-state index contributed by atoms with van der Waals surface area (Å²) in [5.41, 5.74) is 4.97. The zero-order valence-electron chi connectivity index (χ0n) is 18.6. The number of hydrogen-bond donors (Lipinski definition) is 4. The van der Waals surface area contributed by atoms with Gasteiger partial charge in [0.25, 0.3) is 0 Å². The normalized spacial score (nSPS) is 12.5. The molecule has 0 aliphatic carbocycles. The van der Waals surface area contributed by atoms with E-state index in [0.29, 0.717) is 49.3 Å². The van der Waals surface area contributed by atoms with Crippen LogP contribution in [0.5, 0.6) is 0 Å². The van der Waals surface area contributed by atoms with Gasteiger partial charge < -0.3 is 26.4 Å². The molecule has 0 aromatic heterocycles. The topological polar surface area (TPSA) is 157 Å². The molecule has 2 atom stereocenters. The number of ether oxygens (including phenoxy) is 1. The zero-order valence-corrected chi connectivity index (χ0v) is 21.8. The van der Waals surface area contributed by atoms with Crippen LogP contribution in [0.4, 0.5) is 4.79 Å². The van der Waals surface area contributed by atoms with E-state index >= 15 is 0 Å². The van der Waals surface area contributed by atoms with E-state index in [9.17, 15) is 24.0 Å². The van der Waals surface area contributed by atoms with Crippen LogP contribution in [0, 0.1) is 5.92 Å². The number of amides is 4. The number of nitrogens with two attached hydrogens (primary N) is 1. The number of ketones is 1. The molecule has 5 N–H and O–H groups in total. The fraction of sp³-hybridized carbons (Fsp3) is 0.750. The lowest BCUT2D eigenvalue weighted by Crippen LogP contribution is -2.45. The molecule has 0 aliphatic heterocycles. The predicted molar refractivity (Wildman–Crippen MR) is 128 cm³/mol. The lowest BCUT2D eigenvalue weighted by atomic mass is 10.1. The quantitative estimate of drug-likeness (QED) is 0.115. The Balaban J connectivity index is 4.06. The Morgan fingerprint density at radius 2 is 1.59 bits per heavy atom. The Kier molecular flexibility index (Phi) is 16.9. The van der Waals surface area contributed by atoms with Crippen molar-refractivity contribution in [3.05, 3.63) is 0 Å². The first-order chi connectivity index (χ1) is 15.1. The van der Waals surface area contributed by atoms with Crippen molar-refractivity contribution in [1.29, 1.82) is 0 Å². The molecular formula is C20H34Br2N4O6. The molecule has 0 heterocycles. The van der Waals surface area contributed by atoms with Gasteiger partial charge in [0.2, 0.25) is 11.8 Å². The summed E-state index contributed by atoms with van der Waals surface area (Å²) in [5.74, 6) is -1.44. The van der Waals surface area contributed by atoms with Crippen molar-refractivity contribution in [3.63, 3.8) is 0 Å². The summed E-state index contributed by atoms with van der Waals surface area (Å²) in [6.45, 7) is 3.26. The van der Waals surface area contributed by atoms with E-state index in [0.717, 1.165) is 0 Å². The van der Waals surface area contributed by atoms with Crippen molar-refractivity contribution in [2.75, 3.05) is 23.7 Å². The third-order valence-corrected chi connectivity index (χ3v) is 6.09. The summed E-state index contributed by atoms with van der Waals surface area (Å²) in [6.07, 6.45) is 2.77. The van der Waals surface area contributed by atoms with Crippen LogP contribution in [0.2, 0.25) is 0 Å². The molecule has 0 fully saturated rings. The molecule has 10 nitrogen and oxygen atoms in total. The summed E-state index contributed by atoms with van der Waals surface area (Å²) >= 11 is 6.54. The fourth-order valence-electron chi connectivity index (χ4n) is 2.65. The van der Waals surface area contributed by atoms with Gasteiger partial charge >= 0.3 is 12.0 Å². The summed E-state index contributed by atoms with van der Waals surface area (Å²) in [6, 6.07) is -1.34. The van der Waals surface area contributed by atoms with Gasteiger partial charge in [-0.15, -0.1) is 0 Å². The molecular weight excluding hydrogens is 552 g/mol. The summed E-state index contributed by atoms with van der Waals surface area (Å²) in [7, 11) is 0. The van der Waals surface area contributed by atoms with E-state index in [2.05, 4.69) is 47.8 Å². The average Bonchev–Trinajstić information content (AvgIpc) is 2.72. The van der Waals surface area contributed by atoms with E-state index < -0.39 is 18.0 Å². The monoisotopic (exact) mass is 584 g/mol. The van der Waals surface area contributed by atoms with E-state index in [1.54, 1.807) is 0 Å². The summed E-state index contributed by atoms with van der Waals surface area (Å²) < 4.78 is 5.38. The minimum Gasteiger partial charge on any atom is -0.462 e. The molecule has 184 valence electrons. The number of Topliss-reactive ketones (excluding diaryl/α,β-unsaturated/α-hetero) is 1. The van der Waals surface area contributed by atoms with Gasteiger partial charge in [-0.2, -0.15) is 0 Å². The number of nitrogens with one attached hydrogen (secondary N) is 3. The number of primary amides is 1. The van der Waals surface area contributed by atoms with Crippen LogP contribution >= 0.6 is 31.9 Å². The van der Waals surface area contributed by atoms with Gasteiger partial charge in [0.05, 0.1) is 24.6 Å². The minimum atomic E-state index is -0.688. The largest absolute Gasteiger partial charge is 0.462 e. The number of hydrogen-bond acceptors (Lipinski definition) is 6. The Morgan fingerprint density at radius 3 is 2.16 bits per heavy atom. The van der Waals surface area contributed by atoms with E-state index in [1.165, 1.54) is 6.92 Å². The van der Waals surface area contributed by atoms with Crippen LogP contribution < -0.4 is 21.7 Å². The molecule has 0 aromatic carbocycles. The van der Waals surface area contributed by atoms with Crippen LogP contribution in [-0.2, 0) is 23.9 Å². The van der Waals surface area contributed by atoms with E-state index in [1.807, 2.05) is 6.92 Å². The lowest BCUT2D eigenvalue weighted by Gasteiger charge is -2.17.